The third kappa shape index (κ3) is 4.32. The third-order valence-electron chi connectivity index (χ3n) is 4.86. The Kier molecular flexibility index (Phi) is 5.34. The van der Waals surface area contributed by atoms with Gasteiger partial charge in [0.15, 0.2) is 5.82 Å². The molecule has 10 nitrogen and oxygen atoms in total. The van der Waals surface area contributed by atoms with Gasteiger partial charge in [-0.3, -0.25) is 5.32 Å². The van der Waals surface area contributed by atoms with Crippen LogP contribution >= 0.6 is 0 Å². The summed E-state index contributed by atoms with van der Waals surface area (Å²) >= 11 is 0. The molecule has 4 heterocycles. The minimum Gasteiger partial charge on any atom is -0.338 e. The first kappa shape index (κ1) is 19.2. The van der Waals surface area contributed by atoms with Crippen LogP contribution in [0.5, 0.6) is 0 Å². The molecule has 3 aromatic rings. The van der Waals surface area contributed by atoms with Crippen molar-refractivity contribution in [3.8, 4) is 5.82 Å². The lowest BCUT2D eigenvalue weighted by molar-refractivity contribution is 0.311. The summed E-state index contributed by atoms with van der Waals surface area (Å²) in [5, 5.41) is 7.62. The molecule has 1 fully saturated rings. The van der Waals surface area contributed by atoms with E-state index in [0.29, 0.717) is 23.7 Å². The van der Waals surface area contributed by atoms with Gasteiger partial charge in [0.2, 0.25) is 17.8 Å². The van der Waals surface area contributed by atoms with Gasteiger partial charge in [-0.1, -0.05) is 6.92 Å². The minimum absolute atomic E-state index is 0.424. The van der Waals surface area contributed by atoms with Gasteiger partial charge >= 0.3 is 0 Å². The number of nitrogens with zero attached hydrogens (tertiary/aromatic N) is 9. The van der Waals surface area contributed by atoms with Crippen LogP contribution in [-0.2, 0) is 6.42 Å². The van der Waals surface area contributed by atoms with E-state index in [0.717, 1.165) is 49.8 Å². The highest BCUT2D eigenvalue weighted by molar-refractivity contribution is 5.47. The predicted molar refractivity (Wildman–Crippen MR) is 111 cm³/mol. The van der Waals surface area contributed by atoms with E-state index in [9.17, 15) is 0 Å². The van der Waals surface area contributed by atoms with Crippen LogP contribution < -0.4 is 10.2 Å². The summed E-state index contributed by atoms with van der Waals surface area (Å²) < 4.78 is 1.79. The summed E-state index contributed by atoms with van der Waals surface area (Å²) in [6, 6.07) is 3.84. The number of nitrogens with one attached hydrogen (secondary N) is 1. The normalized spacial score (nSPS) is 15.0. The van der Waals surface area contributed by atoms with Crippen LogP contribution in [-0.4, -0.2) is 72.8 Å². The van der Waals surface area contributed by atoms with Gasteiger partial charge in [-0.2, -0.15) is 25.0 Å². The van der Waals surface area contributed by atoms with E-state index < -0.39 is 0 Å². The molecule has 0 bridgehead atoms. The quantitative estimate of drug-likeness (QED) is 0.690. The summed E-state index contributed by atoms with van der Waals surface area (Å²) in [7, 11) is 2.13. The van der Waals surface area contributed by atoms with Gasteiger partial charge in [0.05, 0.1) is 5.69 Å². The summed E-state index contributed by atoms with van der Waals surface area (Å²) in [6.45, 7) is 9.76. The van der Waals surface area contributed by atoms with Crippen molar-refractivity contribution in [1.82, 2.24) is 39.6 Å². The monoisotopic (exact) mass is 394 g/mol. The van der Waals surface area contributed by atoms with Crippen LogP contribution in [0.2, 0.25) is 0 Å². The first-order valence-corrected chi connectivity index (χ1v) is 9.84. The van der Waals surface area contributed by atoms with E-state index in [2.05, 4.69) is 52.2 Å². The van der Waals surface area contributed by atoms with E-state index in [1.807, 2.05) is 32.9 Å². The second-order valence-electron chi connectivity index (χ2n) is 7.22. The van der Waals surface area contributed by atoms with Gasteiger partial charge in [-0.05, 0) is 27.0 Å². The highest BCUT2D eigenvalue weighted by Gasteiger charge is 2.18. The zero-order valence-corrected chi connectivity index (χ0v) is 17.3. The van der Waals surface area contributed by atoms with Gasteiger partial charge in [-0.25, -0.2) is 9.67 Å². The van der Waals surface area contributed by atoms with Crippen LogP contribution in [0.3, 0.4) is 0 Å². The molecule has 0 amide bonds. The van der Waals surface area contributed by atoms with Crippen molar-refractivity contribution in [3.05, 3.63) is 35.5 Å². The third-order valence-corrected chi connectivity index (χ3v) is 4.86. The maximum Gasteiger partial charge on any atom is 0.234 e. The molecule has 1 aliphatic heterocycles. The van der Waals surface area contributed by atoms with E-state index in [1.54, 1.807) is 10.9 Å². The standard InChI is InChI=1S/C19H26N10/c1-5-15-21-18(25-19(22-15)28-10-8-27(4)9-11-28)24-17-20-7-6-16(23-17)29-14(3)12-13(2)26-29/h6-7,12H,5,8-11H2,1-4H3,(H,20,21,22,23,24,25). The zero-order valence-electron chi connectivity index (χ0n) is 17.3. The van der Waals surface area contributed by atoms with Gasteiger partial charge in [0.1, 0.15) is 5.82 Å². The second kappa shape index (κ2) is 8.08. The summed E-state index contributed by atoms with van der Waals surface area (Å²) in [6.07, 6.45) is 2.43. The van der Waals surface area contributed by atoms with E-state index in [-0.39, 0.29) is 0 Å². The molecule has 1 aliphatic rings. The number of anilines is 3. The van der Waals surface area contributed by atoms with E-state index >= 15 is 0 Å². The molecule has 10 heteroatoms. The van der Waals surface area contributed by atoms with Crippen LogP contribution in [0, 0.1) is 13.8 Å². The topological polar surface area (TPSA) is 101 Å². The first-order valence-electron chi connectivity index (χ1n) is 9.84. The Labute approximate surface area is 170 Å². The zero-order chi connectivity index (χ0) is 20.4. The minimum atomic E-state index is 0.424. The molecule has 4 rings (SSSR count). The highest BCUT2D eigenvalue weighted by Crippen LogP contribution is 2.17. The lowest BCUT2D eigenvalue weighted by atomic mass is 10.3. The van der Waals surface area contributed by atoms with Crippen LogP contribution in [0.15, 0.2) is 18.3 Å². The van der Waals surface area contributed by atoms with Crippen LogP contribution in [0.1, 0.15) is 24.1 Å². The Hall–Kier alpha value is -3.14. The van der Waals surface area contributed by atoms with Crippen LogP contribution in [0.4, 0.5) is 17.8 Å². The Morgan fingerprint density at radius 1 is 1.00 bits per heavy atom. The largest absolute Gasteiger partial charge is 0.338 e. The smallest absolute Gasteiger partial charge is 0.234 e. The average Bonchev–Trinajstić information content (AvgIpc) is 3.06. The molecule has 1 saturated heterocycles. The summed E-state index contributed by atoms with van der Waals surface area (Å²) in [5.41, 5.74) is 1.95. The van der Waals surface area contributed by atoms with Crippen molar-refractivity contribution in [2.24, 2.45) is 0 Å². The van der Waals surface area contributed by atoms with Gasteiger partial charge in [0.25, 0.3) is 0 Å². The SMILES string of the molecule is CCc1nc(Nc2nccc(-n3nc(C)cc3C)n2)nc(N2CCN(C)CC2)n1. The summed E-state index contributed by atoms with van der Waals surface area (Å²) in [4.78, 5) is 27.1. The molecular formula is C19H26N10. The van der Waals surface area contributed by atoms with Crippen molar-refractivity contribution in [2.75, 3.05) is 43.4 Å². The molecule has 0 spiro atoms. The number of rotatable bonds is 5. The fourth-order valence-electron chi connectivity index (χ4n) is 3.26. The maximum atomic E-state index is 4.62. The number of likely N-dealkylation sites (N-methyl/N-ethyl adjacent to an activating group) is 1. The molecule has 3 aromatic heterocycles. The molecule has 29 heavy (non-hydrogen) atoms. The number of hydrogen-bond donors (Lipinski definition) is 1. The van der Waals surface area contributed by atoms with Gasteiger partial charge in [-0.15, -0.1) is 0 Å². The number of aromatic nitrogens is 7. The summed E-state index contributed by atoms with van der Waals surface area (Å²) in [5.74, 6) is 3.01. The Morgan fingerprint density at radius 2 is 1.79 bits per heavy atom. The van der Waals surface area contributed by atoms with Gasteiger partial charge < -0.3 is 9.80 Å². The Morgan fingerprint density at radius 3 is 2.48 bits per heavy atom. The first-order chi connectivity index (χ1) is 14.0. The van der Waals surface area contributed by atoms with Crippen molar-refractivity contribution in [2.45, 2.75) is 27.2 Å². The molecule has 0 aromatic carbocycles. The number of piperazine rings is 1. The molecule has 0 unspecified atom stereocenters. The fourth-order valence-corrected chi connectivity index (χ4v) is 3.26. The van der Waals surface area contributed by atoms with E-state index in [4.69, 9.17) is 0 Å². The van der Waals surface area contributed by atoms with E-state index in [1.165, 1.54) is 0 Å². The lowest BCUT2D eigenvalue weighted by Gasteiger charge is -2.32. The molecule has 152 valence electrons. The van der Waals surface area contributed by atoms with Crippen molar-refractivity contribution >= 4 is 17.8 Å². The number of aryl methyl sites for hydroxylation is 3. The Balaban J connectivity index is 1.60. The molecular weight excluding hydrogens is 368 g/mol. The maximum absolute atomic E-state index is 4.62. The lowest BCUT2D eigenvalue weighted by Crippen LogP contribution is -2.45. The number of hydrogen-bond acceptors (Lipinski definition) is 9. The molecule has 0 saturated carbocycles. The second-order valence-corrected chi connectivity index (χ2v) is 7.22. The molecule has 0 atom stereocenters. The fraction of sp³-hybridized carbons (Fsp3) is 0.474. The highest BCUT2D eigenvalue weighted by atomic mass is 15.4. The van der Waals surface area contributed by atoms with Crippen molar-refractivity contribution < 1.29 is 0 Å². The Bertz CT molecular complexity index is 990. The predicted octanol–water partition coefficient (Wildman–Crippen LogP) is 1.52. The molecule has 0 radical (unpaired) electrons. The molecule has 0 aliphatic carbocycles. The van der Waals surface area contributed by atoms with Gasteiger partial charge in [0, 0.05) is 50.6 Å². The molecule has 1 N–H and O–H groups in total. The van der Waals surface area contributed by atoms with Crippen molar-refractivity contribution in [3.63, 3.8) is 0 Å². The van der Waals surface area contributed by atoms with Crippen molar-refractivity contribution in [1.29, 1.82) is 0 Å². The average molecular weight is 394 g/mol. The van der Waals surface area contributed by atoms with Crippen LogP contribution in [0.25, 0.3) is 5.82 Å².